The summed E-state index contributed by atoms with van der Waals surface area (Å²) >= 11 is 0. The van der Waals surface area contributed by atoms with Crippen LogP contribution in [0.2, 0.25) is 0 Å². The number of ether oxygens (including phenoxy) is 2. The zero-order valence-corrected chi connectivity index (χ0v) is 15.0. The minimum atomic E-state index is -0.227. The maximum atomic E-state index is 12.5. The van der Waals surface area contributed by atoms with Gasteiger partial charge in [-0.15, -0.1) is 12.4 Å². The van der Waals surface area contributed by atoms with Gasteiger partial charge in [0.25, 0.3) is 5.91 Å². The van der Waals surface area contributed by atoms with Crippen LogP contribution in [0.5, 0.6) is 11.5 Å². The lowest BCUT2D eigenvalue weighted by molar-refractivity contribution is -0.132. The number of methoxy groups -OCH3 is 2. The first-order chi connectivity index (χ1) is 11.1. The van der Waals surface area contributed by atoms with E-state index in [-0.39, 0.29) is 30.8 Å². The van der Waals surface area contributed by atoms with Crippen LogP contribution in [0.1, 0.15) is 10.4 Å². The van der Waals surface area contributed by atoms with Gasteiger partial charge in [-0.1, -0.05) is 0 Å². The summed E-state index contributed by atoms with van der Waals surface area (Å²) in [5, 5.41) is 3.19. The summed E-state index contributed by atoms with van der Waals surface area (Å²) in [5.41, 5.74) is 0.457. The Morgan fingerprint density at radius 2 is 1.79 bits per heavy atom. The minimum absolute atomic E-state index is 0. The molecular formula is C16H24ClN3O4. The second-order valence-electron chi connectivity index (χ2n) is 5.36. The minimum Gasteiger partial charge on any atom is -0.493 e. The van der Waals surface area contributed by atoms with Crippen molar-refractivity contribution in [3.63, 3.8) is 0 Å². The number of likely N-dealkylation sites (N-methyl/N-ethyl adjacent to an activating group) is 1. The van der Waals surface area contributed by atoms with Crippen molar-refractivity contribution in [3.8, 4) is 11.5 Å². The molecule has 0 spiro atoms. The van der Waals surface area contributed by atoms with Crippen molar-refractivity contribution in [1.29, 1.82) is 0 Å². The lowest BCUT2D eigenvalue weighted by atomic mass is 10.1. The number of nitrogens with one attached hydrogen (secondary N) is 1. The smallest absolute Gasteiger partial charge is 0.254 e. The van der Waals surface area contributed by atoms with Crippen molar-refractivity contribution in [1.82, 2.24) is 15.1 Å². The summed E-state index contributed by atoms with van der Waals surface area (Å²) in [6.07, 6.45) is 0. The zero-order valence-electron chi connectivity index (χ0n) is 14.2. The first-order valence-electron chi connectivity index (χ1n) is 7.52. The highest BCUT2D eigenvalue weighted by Gasteiger charge is 2.21. The summed E-state index contributed by atoms with van der Waals surface area (Å²) in [7, 11) is 4.68. The van der Waals surface area contributed by atoms with E-state index >= 15 is 0 Å². The fourth-order valence-electron chi connectivity index (χ4n) is 2.48. The molecule has 1 saturated heterocycles. The van der Waals surface area contributed by atoms with Gasteiger partial charge in [0.05, 0.1) is 20.8 Å². The summed E-state index contributed by atoms with van der Waals surface area (Å²) in [5.74, 6) is 0.779. The highest BCUT2D eigenvalue weighted by Crippen LogP contribution is 2.27. The second-order valence-corrected chi connectivity index (χ2v) is 5.36. The number of benzene rings is 1. The topological polar surface area (TPSA) is 71.1 Å². The molecule has 0 radical (unpaired) electrons. The summed E-state index contributed by atoms with van der Waals surface area (Å²) < 4.78 is 10.4. The molecule has 1 heterocycles. The third kappa shape index (κ3) is 4.75. The Balaban J connectivity index is 0.00000288. The Morgan fingerprint density at radius 1 is 1.17 bits per heavy atom. The second kappa shape index (κ2) is 9.34. The third-order valence-corrected chi connectivity index (χ3v) is 3.82. The van der Waals surface area contributed by atoms with E-state index in [1.807, 2.05) is 0 Å². The first kappa shape index (κ1) is 20.1. The average Bonchev–Trinajstić information content (AvgIpc) is 2.61. The number of halogens is 1. The summed E-state index contributed by atoms with van der Waals surface area (Å²) in [4.78, 5) is 27.9. The Hall–Kier alpha value is -1.99. The number of amides is 2. The monoisotopic (exact) mass is 357 g/mol. The van der Waals surface area contributed by atoms with E-state index in [0.29, 0.717) is 30.2 Å². The van der Waals surface area contributed by atoms with Crippen molar-refractivity contribution in [2.24, 2.45) is 0 Å². The number of carbonyl (C=O) groups excluding carboxylic acids is 2. The molecule has 2 rings (SSSR count). The van der Waals surface area contributed by atoms with Gasteiger partial charge in [0.1, 0.15) is 0 Å². The molecule has 0 bridgehead atoms. The number of carbonyl (C=O) groups is 2. The number of hydrogen-bond donors (Lipinski definition) is 1. The van der Waals surface area contributed by atoms with Crippen LogP contribution in [-0.2, 0) is 4.79 Å². The van der Waals surface area contributed by atoms with Crippen LogP contribution in [-0.4, -0.2) is 75.6 Å². The van der Waals surface area contributed by atoms with Gasteiger partial charge in [0.2, 0.25) is 5.91 Å². The fraction of sp³-hybridized carbons (Fsp3) is 0.500. The zero-order chi connectivity index (χ0) is 16.8. The largest absolute Gasteiger partial charge is 0.493 e. The van der Waals surface area contributed by atoms with Crippen molar-refractivity contribution in [2.75, 3.05) is 54.0 Å². The van der Waals surface area contributed by atoms with Gasteiger partial charge in [0.15, 0.2) is 11.5 Å². The summed E-state index contributed by atoms with van der Waals surface area (Å²) in [6.45, 7) is 3.00. The first-order valence-corrected chi connectivity index (χ1v) is 7.52. The molecule has 1 aliphatic rings. The predicted molar refractivity (Wildman–Crippen MR) is 93.2 cm³/mol. The van der Waals surface area contributed by atoms with E-state index in [0.717, 1.165) is 13.1 Å². The molecule has 0 aliphatic carbocycles. The van der Waals surface area contributed by atoms with E-state index in [2.05, 4.69) is 5.32 Å². The van der Waals surface area contributed by atoms with E-state index in [4.69, 9.17) is 9.47 Å². The lowest BCUT2D eigenvalue weighted by Crippen LogP contribution is -2.49. The van der Waals surface area contributed by atoms with E-state index in [9.17, 15) is 9.59 Å². The molecule has 0 atom stereocenters. The molecule has 1 fully saturated rings. The summed E-state index contributed by atoms with van der Waals surface area (Å²) in [6, 6.07) is 4.96. The highest BCUT2D eigenvalue weighted by molar-refractivity contribution is 5.97. The Kier molecular flexibility index (Phi) is 7.81. The molecule has 1 aliphatic heterocycles. The van der Waals surface area contributed by atoms with Crippen LogP contribution in [0.25, 0.3) is 0 Å². The van der Waals surface area contributed by atoms with Crippen LogP contribution in [0.3, 0.4) is 0 Å². The van der Waals surface area contributed by atoms with Crippen LogP contribution in [0, 0.1) is 0 Å². The third-order valence-electron chi connectivity index (χ3n) is 3.82. The number of nitrogens with zero attached hydrogens (tertiary/aromatic N) is 2. The van der Waals surface area contributed by atoms with Crippen molar-refractivity contribution in [2.45, 2.75) is 0 Å². The van der Waals surface area contributed by atoms with Gasteiger partial charge < -0.3 is 24.6 Å². The Bertz CT molecular complexity index is 576. The normalized spacial score (nSPS) is 13.7. The molecule has 0 saturated carbocycles. The molecule has 7 nitrogen and oxygen atoms in total. The average molecular weight is 358 g/mol. The molecule has 1 N–H and O–H groups in total. The SMILES string of the molecule is COc1ccc(C(=O)N(C)CC(=O)N2CCNCC2)cc1OC.Cl. The van der Waals surface area contributed by atoms with Gasteiger partial charge >= 0.3 is 0 Å². The molecule has 1 aromatic rings. The van der Waals surface area contributed by atoms with Gasteiger partial charge in [-0.05, 0) is 18.2 Å². The maximum Gasteiger partial charge on any atom is 0.254 e. The molecule has 0 unspecified atom stereocenters. The Labute approximate surface area is 148 Å². The standard InChI is InChI=1S/C16H23N3O4.ClH/c1-18(11-15(20)19-8-6-17-7-9-19)16(21)12-4-5-13(22-2)14(10-12)23-3;/h4-5,10,17H,6-9,11H2,1-3H3;1H. The van der Waals surface area contributed by atoms with E-state index in [1.54, 1.807) is 30.1 Å². The maximum absolute atomic E-state index is 12.5. The highest BCUT2D eigenvalue weighted by atomic mass is 35.5. The number of hydrogen-bond acceptors (Lipinski definition) is 5. The molecule has 24 heavy (non-hydrogen) atoms. The number of rotatable bonds is 5. The van der Waals surface area contributed by atoms with Gasteiger partial charge in [0, 0.05) is 38.8 Å². The molecule has 2 amide bonds. The molecule has 8 heteroatoms. The van der Waals surface area contributed by atoms with Gasteiger partial charge in [-0.2, -0.15) is 0 Å². The van der Waals surface area contributed by atoms with Crippen LogP contribution in [0.4, 0.5) is 0 Å². The fourth-order valence-corrected chi connectivity index (χ4v) is 2.48. The lowest BCUT2D eigenvalue weighted by Gasteiger charge is -2.29. The Morgan fingerprint density at radius 3 is 2.38 bits per heavy atom. The van der Waals surface area contributed by atoms with Crippen LogP contribution >= 0.6 is 12.4 Å². The van der Waals surface area contributed by atoms with E-state index in [1.165, 1.54) is 19.1 Å². The van der Waals surface area contributed by atoms with Crippen LogP contribution < -0.4 is 14.8 Å². The predicted octanol–water partition coefficient (Wildman–Crippen LogP) is 0.629. The van der Waals surface area contributed by atoms with Gasteiger partial charge in [-0.25, -0.2) is 0 Å². The molecule has 1 aromatic carbocycles. The molecular weight excluding hydrogens is 334 g/mol. The van der Waals surface area contributed by atoms with Crippen molar-refractivity contribution >= 4 is 24.2 Å². The van der Waals surface area contributed by atoms with Crippen molar-refractivity contribution in [3.05, 3.63) is 23.8 Å². The van der Waals surface area contributed by atoms with E-state index < -0.39 is 0 Å². The van der Waals surface area contributed by atoms with Crippen molar-refractivity contribution < 1.29 is 19.1 Å². The van der Waals surface area contributed by atoms with Gasteiger partial charge in [-0.3, -0.25) is 9.59 Å². The molecule has 0 aromatic heterocycles. The quantitative estimate of drug-likeness (QED) is 0.837. The van der Waals surface area contributed by atoms with Crippen LogP contribution in [0.15, 0.2) is 18.2 Å². The number of piperazine rings is 1. The molecule has 134 valence electrons.